The molecule has 138 valence electrons. The van der Waals surface area contributed by atoms with E-state index in [4.69, 9.17) is 0 Å². The molecular weight excluding hydrogens is 346 g/mol. The Balaban J connectivity index is 2.21. The van der Waals surface area contributed by atoms with Crippen LogP contribution in [-0.2, 0) is 6.42 Å². The van der Waals surface area contributed by atoms with Crippen molar-refractivity contribution in [2.75, 3.05) is 0 Å². The summed E-state index contributed by atoms with van der Waals surface area (Å²) in [5.41, 5.74) is 3.40. The molecule has 3 rings (SSSR count). The lowest BCUT2D eigenvalue weighted by atomic mass is 10.0. The zero-order chi connectivity index (χ0) is 19.6. The highest BCUT2D eigenvalue weighted by molar-refractivity contribution is 5.96. The summed E-state index contributed by atoms with van der Waals surface area (Å²) < 4.78 is 1.66. The number of carboxylic acids is 1. The average molecular weight is 365 g/mol. The van der Waals surface area contributed by atoms with Crippen molar-refractivity contribution in [3.05, 3.63) is 75.5 Å². The number of non-ortho nitro benzene ring substituents is 1. The highest BCUT2D eigenvalue weighted by Gasteiger charge is 2.25. The minimum absolute atomic E-state index is 0.0534. The smallest absolute Gasteiger partial charge is 0.339 e. The van der Waals surface area contributed by atoms with Crippen molar-refractivity contribution < 1.29 is 14.8 Å². The van der Waals surface area contributed by atoms with Crippen LogP contribution in [0.5, 0.6) is 0 Å². The second-order valence-corrected chi connectivity index (χ2v) is 6.28. The molecule has 0 radical (unpaired) electrons. The van der Waals surface area contributed by atoms with Gasteiger partial charge in [-0.2, -0.15) is 5.10 Å². The maximum atomic E-state index is 12.0. The molecule has 0 aliphatic rings. The summed E-state index contributed by atoms with van der Waals surface area (Å²) >= 11 is 0. The molecule has 0 aliphatic carbocycles. The molecule has 0 saturated carbocycles. The van der Waals surface area contributed by atoms with Gasteiger partial charge in [0.15, 0.2) is 0 Å². The summed E-state index contributed by atoms with van der Waals surface area (Å²) in [6, 6.07) is 13.4. The van der Waals surface area contributed by atoms with Gasteiger partial charge in [0.25, 0.3) is 5.69 Å². The molecule has 7 heteroatoms. The summed E-state index contributed by atoms with van der Waals surface area (Å²) in [5, 5.41) is 25.3. The van der Waals surface area contributed by atoms with Crippen molar-refractivity contribution in [2.24, 2.45) is 0 Å². The Hall–Kier alpha value is -3.48. The molecular formula is C20H19N3O4. The largest absolute Gasteiger partial charge is 0.478 e. The predicted octanol–water partition coefficient (Wildman–Crippen LogP) is 4.41. The van der Waals surface area contributed by atoms with E-state index in [0.717, 1.165) is 17.7 Å². The fourth-order valence-corrected chi connectivity index (χ4v) is 2.99. The standard InChI is InChI=1S/C20H19N3O4/c1-3-4-17-18(20(24)25)19(14-7-11-16(12-8-14)23(26)27)21-22(17)15-9-5-13(2)6-10-15/h5-12H,3-4H2,1-2H3,(H,24,25). The maximum Gasteiger partial charge on any atom is 0.339 e. The summed E-state index contributed by atoms with van der Waals surface area (Å²) in [7, 11) is 0. The predicted molar refractivity (Wildman–Crippen MR) is 101 cm³/mol. The Morgan fingerprint density at radius 3 is 2.30 bits per heavy atom. The number of aryl methyl sites for hydroxylation is 1. The van der Waals surface area contributed by atoms with Crippen molar-refractivity contribution >= 4 is 11.7 Å². The first kappa shape index (κ1) is 18.3. The SMILES string of the molecule is CCCc1c(C(=O)O)c(-c2ccc([N+](=O)[O-])cc2)nn1-c1ccc(C)cc1. The number of nitrogens with zero attached hydrogens (tertiary/aromatic N) is 3. The van der Waals surface area contributed by atoms with Crippen LogP contribution in [0.1, 0.15) is 35.0 Å². The molecule has 1 N–H and O–H groups in total. The number of carboxylic acid groups (broad SMARTS) is 1. The van der Waals surface area contributed by atoms with Gasteiger partial charge in [-0.25, -0.2) is 9.48 Å². The van der Waals surface area contributed by atoms with E-state index < -0.39 is 10.9 Å². The first-order chi connectivity index (χ1) is 12.9. The van der Waals surface area contributed by atoms with Gasteiger partial charge in [-0.1, -0.05) is 31.0 Å². The van der Waals surface area contributed by atoms with Crippen molar-refractivity contribution in [2.45, 2.75) is 26.7 Å². The van der Waals surface area contributed by atoms with Crippen molar-refractivity contribution in [3.63, 3.8) is 0 Å². The topological polar surface area (TPSA) is 98.3 Å². The molecule has 0 fully saturated rings. The Kier molecular flexibility index (Phi) is 5.03. The van der Waals surface area contributed by atoms with Gasteiger partial charge < -0.3 is 5.11 Å². The molecule has 1 aromatic heterocycles. The van der Waals surface area contributed by atoms with Crippen LogP contribution < -0.4 is 0 Å². The van der Waals surface area contributed by atoms with Crippen LogP contribution in [-0.4, -0.2) is 25.8 Å². The number of hydrogen-bond donors (Lipinski definition) is 1. The van der Waals surface area contributed by atoms with Gasteiger partial charge in [0.2, 0.25) is 0 Å². The third-order valence-electron chi connectivity index (χ3n) is 4.31. The van der Waals surface area contributed by atoms with E-state index in [-0.39, 0.29) is 11.3 Å². The number of carbonyl (C=O) groups is 1. The van der Waals surface area contributed by atoms with E-state index in [1.54, 1.807) is 4.68 Å². The fourth-order valence-electron chi connectivity index (χ4n) is 2.99. The molecule has 0 amide bonds. The van der Waals surface area contributed by atoms with Gasteiger partial charge in [-0.15, -0.1) is 0 Å². The van der Waals surface area contributed by atoms with Crippen LogP contribution in [0, 0.1) is 17.0 Å². The maximum absolute atomic E-state index is 12.0. The number of aromatic carboxylic acids is 1. The third-order valence-corrected chi connectivity index (χ3v) is 4.31. The fraction of sp³-hybridized carbons (Fsp3) is 0.200. The van der Waals surface area contributed by atoms with E-state index in [1.807, 2.05) is 38.1 Å². The molecule has 0 saturated heterocycles. The van der Waals surface area contributed by atoms with Gasteiger partial charge in [0.05, 0.1) is 16.3 Å². The van der Waals surface area contributed by atoms with Crippen molar-refractivity contribution in [1.29, 1.82) is 0 Å². The highest BCUT2D eigenvalue weighted by Crippen LogP contribution is 2.30. The summed E-state index contributed by atoms with van der Waals surface area (Å²) in [6.45, 7) is 3.95. The minimum atomic E-state index is -1.06. The van der Waals surface area contributed by atoms with E-state index in [9.17, 15) is 20.0 Å². The second kappa shape index (κ2) is 7.41. The number of aromatic nitrogens is 2. The van der Waals surface area contributed by atoms with Crippen molar-refractivity contribution in [3.8, 4) is 16.9 Å². The third kappa shape index (κ3) is 3.57. The molecule has 1 heterocycles. The Labute approximate surface area is 156 Å². The van der Waals surface area contributed by atoms with Crippen LogP contribution in [0.15, 0.2) is 48.5 Å². The first-order valence-electron chi connectivity index (χ1n) is 8.59. The molecule has 0 spiro atoms. The summed E-state index contributed by atoms with van der Waals surface area (Å²) in [6.07, 6.45) is 1.31. The van der Waals surface area contributed by atoms with E-state index in [2.05, 4.69) is 5.10 Å². The van der Waals surface area contributed by atoms with Crippen LogP contribution in [0.3, 0.4) is 0 Å². The first-order valence-corrected chi connectivity index (χ1v) is 8.59. The molecule has 0 aliphatic heterocycles. The van der Waals surface area contributed by atoms with Gasteiger partial charge >= 0.3 is 5.97 Å². The molecule has 0 atom stereocenters. The number of nitro benzene ring substituents is 1. The van der Waals surface area contributed by atoms with E-state index in [1.165, 1.54) is 24.3 Å². The molecule has 0 bridgehead atoms. The summed E-state index contributed by atoms with van der Waals surface area (Å²) in [4.78, 5) is 22.4. The van der Waals surface area contributed by atoms with Gasteiger partial charge in [-0.05, 0) is 37.6 Å². The number of nitro groups is 1. The van der Waals surface area contributed by atoms with Crippen LogP contribution in [0.4, 0.5) is 5.69 Å². The van der Waals surface area contributed by atoms with Crippen LogP contribution >= 0.6 is 0 Å². The monoisotopic (exact) mass is 365 g/mol. The molecule has 3 aromatic rings. The number of benzene rings is 2. The number of hydrogen-bond acceptors (Lipinski definition) is 4. The van der Waals surface area contributed by atoms with Crippen LogP contribution in [0.2, 0.25) is 0 Å². The Morgan fingerprint density at radius 1 is 1.15 bits per heavy atom. The second-order valence-electron chi connectivity index (χ2n) is 6.28. The number of rotatable bonds is 6. The molecule has 7 nitrogen and oxygen atoms in total. The molecule has 0 unspecified atom stereocenters. The van der Waals surface area contributed by atoms with Crippen molar-refractivity contribution in [1.82, 2.24) is 9.78 Å². The lowest BCUT2D eigenvalue weighted by molar-refractivity contribution is -0.384. The average Bonchev–Trinajstić information content (AvgIpc) is 3.02. The minimum Gasteiger partial charge on any atom is -0.478 e. The Morgan fingerprint density at radius 2 is 1.78 bits per heavy atom. The molecule has 27 heavy (non-hydrogen) atoms. The quantitative estimate of drug-likeness (QED) is 0.515. The Bertz CT molecular complexity index is 989. The van der Waals surface area contributed by atoms with E-state index >= 15 is 0 Å². The normalized spacial score (nSPS) is 10.7. The zero-order valence-electron chi connectivity index (χ0n) is 15.0. The summed E-state index contributed by atoms with van der Waals surface area (Å²) in [5.74, 6) is -1.06. The van der Waals surface area contributed by atoms with Gasteiger partial charge in [-0.3, -0.25) is 10.1 Å². The van der Waals surface area contributed by atoms with Gasteiger partial charge in [0, 0.05) is 17.7 Å². The lowest BCUT2D eigenvalue weighted by Crippen LogP contribution is -2.06. The highest BCUT2D eigenvalue weighted by atomic mass is 16.6. The van der Waals surface area contributed by atoms with Gasteiger partial charge in [0.1, 0.15) is 11.3 Å². The lowest BCUT2D eigenvalue weighted by Gasteiger charge is -2.07. The van der Waals surface area contributed by atoms with Crippen LogP contribution in [0.25, 0.3) is 16.9 Å². The molecule has 2 aromatic carbocycles. The zero-order valence-corrected chi connectivity index (χ0v) is 15.0. The van der Waals surface area contributed by atoms with E-state index in [0.29, 0.717) is 23.4 Å².